The molecule has 0 aromatic rings. The monoisotopic (exact) mass is 177 g/mol. The van der Waals surface area contributed by atoms with Crippen molar-refractivity contribution in [1.82, 2.24) is 0 Å². The Morgan fingerprint density at radius 3 is 1.91 bits per heavy atom. The molecule has 0 radical (unpaired) electrons. The molecule has 0 aliphatic heterocycles. The summed E-state index contributed by atoms with van der Waals surface area (Å²) in [6.07, 6.45) is 3.95. The minimum atomic E-state index is -2.29. The summed E-state index contributed by atoms with van der Waals surface area (Å²) in [7, 11) is -2.29. The van der Waals surface area contributed by atoms with E-state index in [2.05, 4.69) is 19.7 Å². The van der Waals surface area contributed by atoms with E-state index in [1.165, 1.54) is 0 Å². The second kappa shape index (κ2) is 4.78. The molecule has 1 atom stereocenters. The lowest BCUT2D eigenvalue weighted by molar-refractivity contribution is 0.622. The largest absolute Gasteiger partial charge is 0.259 e. The van der Waals surface area contributed by atoms with Gasteiger partial charge in [0.25, 0.3) is 0 Å². The highest BCUT2D eigenvalue weighted by Gasteiger charge is 2.13. The number of rotatable bonds is 5. The van der Waals surface area contributed by atoms with Crippen molar-refractivity contribution in [2.45, 2.75) is 44.8 Å². The van der Waals surface area contributed by atoms with Crippen molar-refractivity contribution in [3.8, 4) is 0 Å². The van der Waals surface area contributed by atoms with Crippen LogP contribution in [0.2, 0.25) is 0 Å². The Bertz CT molecular complexity index is 178. The first-order chi connectivity index (χ1) is 5.02. The quantitative estimate of drug-likeness (QED) is 0.636. The van der Waals surface area contributed by atoms with Gasteiger partial charge in [-0.1, -0.05) is 26.7 Å². The minimum absolute atomic E-state index is 0.123. The highest BCUT2D eigenvalue weighted by molar-refractivity contribution is 7.98. The number of hydrogen-bond donors (Lipinski definition) is 1. The average Bonchev–Trinajstić information content (AvgIpc) is 1.85. The van der Waals surface area contributed by atoms with E-state index in [-0.39, 0.29) is 5.25 Å². The first-order valence-corrected chi connectivity index (χ1v) is 6.01. The smallest absolute Gasteiger partial charge is 0.0399 e. The van der Waals surface area contributed by atoms with Gasteiger partial charge in [-0.3, -0.25) is 9.35 Å². The maximum Gasteiger partial charge on any atom is 0.0399 e. The Morgan fingerprint density at radius 2 is 1.73 bits per heavy atom. The zero-order valence-corrected chi connectivity index (χ0v) is 8.32. The van der Waals surface area contributed by atoms with Crippen LogP contribution in [-0.4, -0.2) is 15.3 Å². The van der Waals surface area contributed by atoms with Gasteiger partial charge in [0.05, 0.1) is 0 Å². The summed E-state index contributed by atoms with van der Waals surface area (Å²) in [6, 6.07) is 0. The number of hydrogen-bond acceptors (Lipinski definition) is 1. The molecular weight excluding hydrogens is 158 g/mol. The van der Waals surface area contributed by atoms with E-state index in [0.717, 1.165) is 25.7 Å². The topological polar surface area (TPSA) is 43.1 Å². The van der Waals surface area contributed by atoms with Crippen LogP contribution >= 0.6 is 0 Å². The predicted molar refractivity (Wildman–Crippen MR) is 53.1 cm³/mol. The third kappa shape index (κ3) is 4.43. The molecule has 0 amide bonds. The molecule has 0 saturated carbocycles. The molecule has 0 rings (SSSR count). The molecule has 0 fully saturated rings. The third-order valence-electron chi connectivity index (χ3n) is 1.79. The molecule has 0 aliphatic carbocycles. The predicted octanol–water partition coefficient (Wildman–Crippen LogP) is 1.55. The van der Waals surface area contributed by atoms with Gasteiger partial charge in [-0.15, -0.1) is 0 Å². The fourth-order valence-electron chi connectivity index (χ4n) is 1.19. The summed E-state index contributed by atoms with van der Waals surface area (Å²) in [6.45, 7) is 4.15. The van der Waals surface area contributed by atoms with Gasteiger partial charge in [0, 0.05) is 15.0 Å². The van der Waals surface area contributed by atoms with Crippen molar-refractivity contribution in [2.75, 3.05) is 0 Å². The third-order valence-corrected chi connectivity index (χ3v) is 3.39. The van der Waals surface area contributed by atoms with Gasteiger partial charge < -0.3 is 0 Å². The minimum Gasteiger partial charge on any atom is -0.259 e. The molecule has 2 nitrogen and oxygen atoms in total. The highest BCUT2D eigenvalue weighted by Crippen LogP contribution is 2.11. The van der Waals surface area contributed by atoms with Crippen molar-refractivity contribution in [3.63, 3.8) is 0 Å². The van der Waals surface area contributed by atoms with Gasteiger partial charge in [-0.25, -0.2) is 0 Å². The van der Waals surface area contributed by atoms with Crippen LogP contribution in [0.25, 0.3) is 0 Å². The summed E-state index contributed by atoms with van der Waals surface area (Å²) in [5, 5.41) is 5.59. The summed E-state index contributed by atoms with van der Waals surface area (Å²) in [4.78, 5) is 0. The summed E-state index contributed by atoms with van der Waals surface area (Å²) < 4.78 is 11.3. The molecule has 0 heterocycles. The Balaban J connectivity index is 4.11. The fourth-order valence-corrected chi connectivity index (χ4v) is 2.46. The van der Waals surface area contributed by atoms with Gasteiger partial charge in [0.1, 0.15) is 0 Å². The van der Waals surface area contributed by atoms with Crippen LogP contribution in [0.15, 0.2) is 0 Å². The lowest BCUT2D eigenvalue weighted by Gasteiger charge is -2.16. The van der Waals surface area contributed by atoms with E-state index in [4.69, 9.17) is 5.14 Å². The van der Waals surface area contributed by atoms with E-state index in [1.807, 2.05) is 0 Å². The van der Waals surface area contributed by atoms with E-state index < -0.39 is 9.71 Å². The standard InChI is InChI=1S/C8H19NOS/c1-4-6-8(7-5-2)11(3,9)10/h8H,3-7H2,1-2H3,(H2,9,10). The summed E-state index contributed by atoms with van der Waals surface area (Å²) >= 11 is 0. The summed E-state index contributed by atoms with van der Waals surface area (Å²) in [5.74, 6) is 3.51. The molecule has 3 heteroatoms. The Hall–Kier alpha value is -0.0200. The van der Waals surface area contributed by atoms with Gasteiger partial charge in [0.15, 0.2) is 0 Å². The zero-order valence-electron chi connectivity index (χ0n) is 7.51. The lowest BCUT2D eigenvalue weighted by atomic mass is 10.2. The van der Waals surface area contributed by atoms with Crippen molar-refractivity contribution in [1.29, 1.82) is 0 Å². The Morgan fingerprint density at radius 1 is 1.36 bits per heavy atom. The van der Waals surface area contributed by atoms with Crippen LogP contribution in [0.3, 0.4) is 0 Å². The first kappa shape index (κ1) is 11.0. The van der Waals surface area contributed by atoms with Crippen molar-refractivity contribution >= 4 is 15.6 Å². The molecule has 0 spiro atoms. The van der Waals surface area contributed by atoms with Gasteiger partial charge in [0.2, 0.25) is 0 Å². The van der Waals surface area contributed by atoms with Crippen LogP contribution in [0.1, 0.15) is 39.5 Å². The highest BCUT2D eigenvalue weighted by atomic mass is 32.2. The van der Waals surface area contributed by atoms with E-state index in [0.29, 0.717) is 0 Å². The molecule has 0 aromatic heterocycles. The molecule has 0 saturated heterocycles. The van der Waals surface area contributed by atoms with Crippen LogP contribution in [0, 0.1) is 0 Å². The van der Waals surface area contributed by atoms with Gasteiger partial charge in [-0.05, 0) is 18.7 Å². The van der Waals surface area contributed by atoms with Crippen LogP contribution < -0.4 is 5.14 Å². The maximum atomic E-state index is 11.3. The molecule has 11 heavy (non-hydrogen) atoms. The SMILES string of the molecule is C=S(N)(=O)C(CCC)CCC. The molecule has 0 bridgehead atoms. The second-order valence-electron chi connectivity index (χ2n) is 2.98. The first-order valence-electron chi connectivity index (χ1n) is 4.16. The molecule has 0 aromatic carbocycles. The molecule has 1 unspecified atom stereocenters. The second-order valence-corrected chi connectivity index (χ2v) is 5.21. The fraction of sp³-hybridized carbons (Fsp3) is 0.875. The zero-order chi connectivity index (χ0) is 8.91. The van der Waals surface area contributed by atoms with Crippen LogP contribution in [0.5, 0.6) is 0 Å². The maximum absolute atomic E-state index is 11.3. The van der Waals surface area contributed by atoms with Crippen molar-refractivity contribution < 1.29 is 4.21 Å². The van der Waals surface area contributed by atoms with E-state index in [9.17, 15) is 4.21 Å². The Kier molecular flexibility index (Phi) is 4.77. The van der Waals surface area contributed by atoms with Crippen molar-refractivity contribution in [3.05, 3.63) is 0 Å². The average molecular weight is 177 g/mol. The number of nitrogens with two attached hydrogens (primary N) is 1. The molecule has 2 N–H and O–H groups in total. The molecule has 68 valence electrons. The van der Waals surface area contributed by atoms with Crippen LogP contribution in [0.4, 0.5) is 0 Å². The molecule has 0 aliphatic rings. The lowest BCUT2D eigenvalue weighted by Crippen LogP contribution is -2.27. The van der Waals surface area contributed by atoms with E-state index in [1.54, 1.807) is 0 Å². The molecular formula is C8H19NOS. The van der Waals surface area contributed by atoms with E-state index >= 15 is 0 Å². The van der Waals surface area contributed by atoms with Crippen molar-refractivity contribution in [2.24, 2.45) is 5.14 Å². The summed E-state index contributed by atoms with van der Waals surface area (Å²) in [5.41, 5.74) is 0. The van der Waals surface area contributed by atoms with Crippen LogP contribution in [-0.2, 0) is 9.71 Å². The normalized spacial score (nSPS) is 16.7. The Labute approximate surface area is 70.3 Å². The van der Waals surface area contributed by atoms with Gasteiger partial charge >= 0.3 is 0 Å². The van der Waals surface area contributed by atoms with Gasteiger partial charge in [-0.2, -0.15) is 0 Å².